The lowest BCUT2D eigenvalue weighted by atomic mass is 9.86. The second-order valence-electron chi connectivity index (χ2n) is 8.86. The average molecular weight is 498 g/mol. The molecule has 2 heterocycles. The highest BCUT2D eigenvalue weighted by atomic mass is 32.2. The molecule has 0 saturated heterocycles. The van der Waals surface area contributed by atoms with Crippen molar-refractivity contribution in [2.24, 2.45) is 13.0 Å². The predicted octanol–water partition coefficient (Wildman–Crippen LogP) is 4.73. The molecule has 0 radical (unpaired) electrons. The summed E-state index contributed by atoms with van der Waals surface area (Å²) < 4.78 is 26.3. The average Bonchev–Trinajstić information content (AvgIpc) is 2.84. The molecule has 0 spiro atoms. The van der Waals surface area contributed by atoms with Gasteiger partial charge in [0.05, 0.1) is 19.3 Å². The van der Waals surface area contributed by atoms with Crippen LogP contribution in [0.5, 0.6) is 11.5 Å². The second-order valence-corrected chi connectivity index (χ2v) is 9.80. The molecule has 0 saturated carbocycles. The normalized spacial score (nSPS) is 15.0. The topological polar surface area (TPSA) is 82.5 Å². The number of methoxy groups -OCH3 is 1. The van der Waals surface area contributed by atoms with Crippen LogP contribution in [0.3, 0.4) is 0 Å². The number of halogens is 1. The van der Waals surface area contributed by atoms with Crippen LogP contribution in [0.25, 0.3) is 0 Å². The summed E-state index contributed by atoms with van der Waals surface area (Å²) in [6.45, 7) is 4.67. The van der Waals surface area contributed by atoms with Crippen LogP contribution in [0.4, 0.5) is 10.2 Å². The van der Waals surface area contributed by atoms with Crippen LogP contribution in [-0.4, -0.2) is 29.2 Å². The van der Waals surface area contributed by atoms with E-state index in [1.807, 2.05) is 18.2 Å². The van der Waals surface area contributed by atoms with Gasteiger partial charge in [0.1, 0.15) is 11.6 Å². The summed E-state index contributed by atoms with van der Waals surface area (Å²) in [5, 5.41) is 3.32. The molecule has 0 fully saturated rings. The largest absolute Gasteiger partial charge is 0.493 e. The molecular weight excluding hydrogens is 469 g/mol. The van der Waals surface area contributed by atoms with E-state index in [0.717, 1.165) is 11.1 Å². The van der Waals surface area contributed by atoms with E-state index in [1.54, 1.807) is 30.9 Å². The minimum absolute atomic E-state index is 0.126. The van der Waals surface area contributed by atoms with Gasteiger partial charge in [-0.1, -0.05) is 43.8 Å². The lowest BCUT2D eigenvalue weighted by Crippen LogP contribution is -2.33. The van der Waals surface area contributed by atoms with Gasteiger partial charge in [-0.05, 0) is 41.3 Å². The molecule has 1 atom stereocenters. The fraction of sp³-hybridized carbons (Fsp3) is 0.346. The number of hydrogen-bond donors (Lipinski definition) is 1. The summed E-state index contributed by atoms with van der Waals surface area (Å²) in [4.78, 5) is 30.2. The Morgan fingerprint density at radius 3 is 2.60 bits per heavy atom. The van der Waals surface area contributed by atoms with Gasteiger partial charge in [0.25, 0.3) is 5.56 Å². The third-order valence-electron chi connectivity index (χ3n) is 5.74. The number of anilines is 1. The smallest absolute Gasteiger partial charge is 0.279 e. The van der Waals surface area contributed by atoms with E-state index in [1.165, 1.54) is 23.9 Å². The van der Waals surface area contributed by atoms with E-state index in [0.29, 0.717) is 46.3 Å². The van der Waals surface area contributed by atoms with Crippen molar-refractivity contribution in [1.29, 1.82) is 0 Å². The van der Waals surface area contributed by atoms with Crippen LogP contribution in [0.15, 0.2) is 52.4 Å². The molecule has 9 heteroatoms. The van der Waals surface area contributed by atoms with Crippen molar-refractivity contribution in [3.63, 3.8) is 0 Å². The van der Waals surface area contributed by atoms with Crippen molar-refractivity contribution in [2.45, 2.75) is 37.1 Å². The van der Waals surface area contributed by atoms with Crippen molar-refractivity contribution >= 4 is 23.5 Å². The molecule has 4 rings (SSSR count). The Morgan fingerprint density at radius 1 is 1.17 bits per heavy atom. The number of nitrogens with one attached hydrogen (secondary N) is 1. The number of carbonyl (C=O) groups excluding carboxylic acids is 1. The molecule has 1 amide bonds. The first-order chi connectivity index (χ1) is 16.8. The summed E-state index contributed by atoms with van der Waals surface area (Å²) in [6.07, 6.45) is 0.126. The number of aromatic nitrogens is 2. The van der Waals surface area contributed by atoms with Crippen LogP contribution >= 0.6 is 11.8 Å². The molecule has 35 heavy (non-hydrogen) atoms. The molecule has 184 valence electrons. The number of ether oxygens (including phenoxy) is 2. The molecule has 1 aromatic heterocycles. The standard InChI is InChI=1S/C26H28FN3O4S/c1-15(2)13-34-20-10-7-17(11-21(20)33-4)19-12-22(31)28-24-23(19)25(32)29-26(30(24)3)35-14-16-5-8-18(27)9-6-16/h5-11,15,19H,12-14H2,1-4H3,(H,28,31). The van der Waals surface area contributed by atoms with Crippen LogP contribution < -0.4 is 20.3 Å². The van der Waals surface area contributed by atoms with E-state index in [-0.39, 0.29) is 23.7 Å². The molecule has 0 aliphatic carbocycles. The Hall–Kier alpha value is -3.33. The zero-order chi connectivity index (χ0) is 25.1. The van der Waals surface area contributed by atoms with Gasteiger partial charge in [-0.3, -0.25) is 9.59 Å². The third kappa shape index (κ3) is 5.51. The third-order valence-corrected chi connectivity index (χ3v) is 6.85. The van der Waals surface area contributed by atoms with Gasteiger partial charge in [0, 0.05) is 25.1 Å². The number of nitrogens with zero attached hydrogens (tertiary/aromatic N) is 2. The van der Waals surface area contributed by atoms with Gasteiger partial charge in [-0.15, -0.1) is 0 Å². The maximum atomic E-state index is 13.2. The summed E-state index contributed by atoms with van der Waals surface area (Å²) in [5.41, 5.74) is 1.73. The van der Waals surface area contributed by atoms with Crippen molar-refractivity contribution in [3.8, 4) is 11.5 Å². The van der Waals surface area contributed by atoms with Crippen molar-refractivity contribution in [1.82, 2.24) is 9.55 Å². The van der Waals surface area contributed by atoms with Crippen molar-refractivity contribution in [3.05, 3.63) is 75.3 Å². The molecule has 3 aromatic rings. The Labute approximate surface area is 207 Å². The molecule has 1 aliphatic heterocycles. The fourth-order valence-electron chi connectivity index (χ4n) is 3.95. The van der Waals surface area contributed by atoms with Gasteiger partial charge in [-0.25, -0.2) is 4.39 Å². The molecule has 1 aliphatic rings. The van der Waals surface area contributed by atoms with Crippen molar-refractivity contribution in [2.75, 3.05) is 19.0 Å². The second kappa shape index (κ2) is 10.5. The van der Waals surface area contributed by atoms with E-state index in [9.17, 15) is 14.0 Å². The van der Waals surface area contributed by atoms with Crippen LogP contribution in [0.2, 0.25) is 0 Å². The van der Waals surface area contributed by atoms with Crippen LogP contribution in [-0.2, 0) is 17.6 Å². The number of hydrogen-bond acceptors (Lipinski definition) is 6. The van der Waals surface area contributed by atoms with Crippen molar-refractivity contribution < 1.29 is 18.7 Å². The quantitative estimate of drug-likeness (QED) is 0.358. The molecule has 7 nitrogen and oxygen atoms in total. The highest BCUT2D eigenvalue weighted by molar-refractivity contribution is 7.98. The first-order valence-electron chi connectivity index (χ1n) is 11.4. The first kappa shape index (κ1) is 24.8. The summed E-state index contributed by atoms with van der Waals surface area (Å²) >= 11 is 1.35. The summed E-state index contributed by atoms with van der Waals surface area (Å²) in [5.74, 6) is 1.51. The lowest BCUT2D eigenvalue weighted by Gasteiger charge is -2.28. The first-order valence-corrected chi connectivity index (χ1v) is 12.3. The monoisotopic (exact) mass is 497 g/mol. The van der Waals surface area contributed by atoms with E-state index in [2.05, 4.69) is 24.1 Å². The van der Waals surface area contributed by atoms with E-state index in [4.69, 9.17) is 9.47 Å². The van der Waals surface area contributed by atoms with Gasteiger partial charge in [0.15, 0.2) is 16.7 Å². The minimum Gasteiger partial charge on any atom is -0.493 e. The predicted molar refractivity (Wildman–Crippen MR) is 134 cm³/mol. The Kier molecular flexibility index (Phi) is 7.45. The van der Waals surface area contributed by atoms with Gasteiger partial charge >= 0.3 is 0 Å². The zero-order valence-electron chi connectivity index (χ0n) is 20.1. The van der Waals surface area contributed by atoms with Gasteiger partial charge < -0.3 is 19.4 Å². The molecule has 1 N–H and O–H groups in total. The fourth-order valence-corrected chi connectivity index (χ4v) is 4.87. The maximum Gasteiger partial charge on any atom is 0.279 e. The molecular formula is C26H28FN3O4S. The van der Waals surface area contributed by atoms with E-state index >= 15 is 0 Å². The van der Waals surface area contributed by atoms with Gasteiger partial charge in [0.2, 0.25) is 5.91 Å². The Morgan fingerprint density at radius 2 is 1.91 bits per heavy atom. The number of benzene rings is 2. The minimum atomic E-state index is -0.464. The van der Waals surface area contributed by atoms with Crippen LogP contribution in [0.1, 0.15) is 42.9 Å². The Bertz CT molecular complexity index is 1290. The van der Waals surface area contributed by atoms with Crippen LogP contribution in [0, 0.1) is 11.7 Å². The number of carbonyl (C=O) groups is 1. The highest BCUT2D eigenvalue weighted by Gasteiger charge is 2.32. The number of rotatable bonds is 8. The molecule has 2 aromatic carbocycles. The number of fused-ring (bicyclic) bond motifs is 1. The number of thioether (sulfide) groups is 1. The zero-order valence-corrected chi connectivity index (χ0v) is 20.9. The highest BCUT2D eigenvalue weighted by Crippen LogP contribution is 2.39. The lowest BCUT2D eigenvalue weighted by molar-refractivity contribution is -0.116. The van der Waals surface area contributed by atoms with E-state index < -0.39 is 5.92 Å². The maximum absolute atomic E-state index is 13.2. The summed E-state index contributed by atoms with van der Waals surface area (Å²) in [6, 6.07) is 11.7. The Balaban J connectivity index is 1.66. The molecule has 1 unspecified atom stereocenters. The SMILES string of the molecule is COc1cc(C2CC(=O)Nc3c2c(=O)nc(SCc2ccc(F)cc2)n3C)ccc1OCC(C)C. The van der Waals surface area contributed by atoms with Gasteiger partial charge in [-0.2, -0.15) is 4.98 Å². The summed E-state index contributed by atoms with van der Waals surface area (Å²) in [7, 11) is 3.33. The molecule has 0 bridgehead atoms. The number of amides is 1.